The number of fused-ring (bicyclic) bond motifs is 1. The average molecular weight is 382 g/mol. The van der Waals surface area contributed by atoms with Gasteiger partial charge < -0.3 is 10.1 Å². The summed E-state index contributed by atoms with van der Waals surface area (Å²) < 4.78 is 7.57. The van der Waals surface area contributed by atoms with Crippen LogP contribution in [-0.4, -0.2) is 27.1 Å². The second kappa shape index (κ2) is 7.67. The van der Waals surface area contributed by atoms with Crippen molar-refractivity contribution in [2.75, 3.05) is 12.4 Å². The number of aryl methyl sites for hydroxylation is 3. The minimum atomic E-state index is -0.615. The van der Waals surface area contributed by atoms with Gasteiger partial charge in [0.1, 0.15) is 17.7 Å². The van der Waals surface area contributed by atoms with E-state index in [2.05, 4.69) is 10.3 Å². The number of amides is 1. The molecule has 0 bridgehead atoms. The Bertz CT molecular complexity index is 1180. The SMILES string of the molecule is CCc1cnc2c(c1OC)c(=O)n(CC(=O)Nc1cccc(C)c1)c(=O)n2C. The van der Waals surface area contributed by atoms with Crippen LogP contribution in [0, 0.1) is 6.92 Å². The number of hydrogen-bond acceptors (Lipinski definition) is 5. The molecule has 0 aliphatic carbocycles. The van der Waals surface area contributed by atoms with Crippen LogP contribution in [0.3, 0.4) is 0 Å². The smallest absolute Gasteiger partial charge is 0.332 e. The summed E-state index contributed by atoms with van der Waals surface area (Å²) in [7, 11) is 2.98. The first kappa shape index (κ1) is 19.3. The molecular weight excluding hydrogens is 360 g/mol. The van der Waals surface area contributed by atoms with Crippen molar-refractivity contribution < 1.29 is 9.53 Å². The fourth-order valence-corrected chi connectivity index (χ4v) is 3.16. The predicted molar refractivity (Wildman–Crippen MR) is 107 cm³/mol. The zero-order chi connectivity index (χ0) is 20.4. The van der Waals surface area contributed by atoms with E-state index in [0.29, 0.717) is 17.9 Å². The Morgan fingerprint density at radius 1 is 1.29 bits per heavy atom. The molecule has 2 aromatic heterocycles. The average Bonchev–Trinajstić information content (AvgIpc) is 2.68. The number of carbonyl (C=O) groups is 1. The molecular formula is C20H22N4O4. The van der Waals surface area contributed by atoms with Crippen molar-refractivity contribution in [2.24, 2.45) is 7.05 Å². The molecule has 1 aromatic carbocycles. The molecule has 1 N–H and O–H groups in total. The van der Waals surface area contributed by atoms with Gasteiger partial charge in [-0.2, -0.15) is 0 Å². The van der Waals surface area contributed by atoms with E-state index in [0.717, 1.165) is 15.7 Å². The van der Waals surface area contributed by atoms with E-state index < -0.39 is 23.7 Å². The summed E-state index contributed by atoms with van der Waals surface area (Å²) in [5.41, 5.74) is 1.34. The Morgan fingerprint density at radius 3 is 2.68 bits per heavy atom. The highest BCUT2D eigenvalue weighted by Gasteiger charge is 2.20. The van der Waals surface area contributed by atoms with E-state index in [-0.39, 0.29) is 11.0 Å². The van der Waals surface area contributed by atoms with Gasteiger partial charge in [0.2, 0.25) is 5.91 Å². The summed E-state index contributed by atoms with van der Waals surface area (Å²) in [6.45, 7) is 3.42. The Kier molecular flexibility index (Phi) is 5.30. The van der Waals surface area contributed by atoms with Crippen molar-refractivity contribution in [2.45, 2.75) is 26.8 Å². The molecule has 0 saturated carbocycles. The quantitative estimate of drug-likeness (QED) is 0.723. The number of aromatic nitrogens is 3. The van der Waals surface area contributed by atoms with Crippen molar-refractivity contribution in [3.63, 3.8) is 0 Å². The third-order valence-electron chi connectivity index (χ3n) is 4.57. The van der Waals surface area contributed by atoms with E-state index in [1.165, 1.54) is 18.7 Å². The highest BCUT2D eigenvalue weighted by molar-refractivity contribution is 5.91. The maximum absolute atomic E-state index is 13.0. The largest absolute Gasteiger partial charge is 0.495 e. The number of ether oxygens (including phenoxy) is 1. The van der Waals surface area contributed by atoms with Crippen molar-refractivity contribution in [3.05, 3.63) is 62.4 Å². The van der Waals surface area contributed by atoms with Crippen LogP contribution in [-0.2, 0) is 24.8 Å². The van der Waals surface area contributed by atoms with Crippen LogP contribution in [0.15, 0.2) is 40.1 Å². The summed E-state index contributed by atoms with van der Waals surface area (Å²) in [5.74, 6) is -0.0938. The molecule has 2 heterocycles. The van der Waals surface area contributed by atoms with Crippen LogP contribution in [0.25, 0.3) is 11.0 Å². The van der Waals surface area contributed by atoms with Gasteiger partial charge in [0.05, 0.1) is 7.11 Å². The molecule has 0 unspecified atom stereocenters. The van der Waals surface area contributed by atoms with Crippen molar-refractivity contribution in [1.82, 2.24) is 14.1 Å². The van der Waals surface area contributed by atoms with Crippen LogP contribution in [0.5, 0.6) is 5.75 Å². The zero-order valence-electron chi connectivity index (χ0n) is 16.3. The summed E-state index contributed by atoms with van der Waals surface area (Å²) in [6.07, 6.45) is 2.21. The molecule has 0 spiro atoms. The maximum atomic E-state index is 13.0. The van der Waals surface area contributed by atoms with Gasteiger partial charge in [0.25, 0.3) is 5.56 Å². The van der Waals surface area contributed by atoms with E-state index in [1.54, 1.807) is 18.3 Å². The van der Waals surface area contributed by atoms with Gasteiger partial charge in [-0.15, -0.1) is 0 Å². The lowest BCUT2D eigenvalue weighted by Crippen LogP contribution is -2.42. The normalized spacial score (nSPS) is 10.9. The van der Waals surface area contributed by atoms with Crippen LogP contribution >= 0.6 is 0 Å². The lowest BCUT2D eigenvalue weighted by Gasteiger charge is -2.14. The van der Waals surface area contributed by atoms with Gasteiger partial charge in [-0.25, -0.2) is 14.3 Å². The van der Waals surface area contributed by atoms with Gasteiger partial charge in [0.15, 0.2) is 5.65 Å². The molecule has 28 heavy (non-hydrogen) atoms. The topological polar surface area (TPSA) is 95.2 Å². The number of rotatable bonds is 5. The number of methoxy groups -OCH3 is 1. The maximum Gasteiger partial charge on any atom is 0.332 e. The fraction of sp³-hybridized carbons (Fsp3) is 0.300. The summed E-state index contributed by atoms with van der Waals surface area (Å²) >= 11 is 0. The second-order valence-electron chi connectivity index (χ2n) is 6.52. The molecule has 8 heteroatoms. The third-order valence-corrected chi connectivity index (χ3v) is 4.57. The van der Waals surface area contributed by atoms with Crippen LogP contribution in [0.1, 0.15) is 18.1 Å². The first-order valence-electron chi connectivity index (χ1n) is 8.89. The second-order valence-corrected chi connectivity index (χ2v) is 6.52. The van der Waals surface area contributed by atoms with Gasteiger partial charge in [-0.1, -0.05) is 19.1 Å². The number of nitrogens with zero attached hydrogens (tertiary/aromatic N) is 3. The summed E-state index contributed by atoms with van der Waals surface area (Å²) in [6, 6.07) is 7.27. The van der Waals surface area contributed by atoms with Crippen LogP contribution in [0.2, 0.25) is 0 Å². The monoisotopic (exact) mass is 382 g/mol. The Morgan fingerprint density at radius 2 is 2.04 bits per heavy atom. The minimum Gasteiger partial charge on any atom is -0.495 e. The molecule has 0 aliphatic rings. The molecule has 0 radical (unpaired) electrons. The van der Waals surface area contributed by atoms with Gasteiger partial charge in [-0.3, -0.25) is 14.2 Å². The van der Waals surface area contributed by atoms with E-state index in [1.807, 2.05) is 26.0 Å². The number of nitrogens with one attached hydrogen (secondary N) is 1. The Balaban J connectivity index is 2.09. The van der Waals surface area contributed by atoms with Crippen LogP contribution < -0.4 is 21.3 Å². The van der Waals surface area contributed by atoms with Crippen molar-refractivity contribution in [1.29, 1.82) is 0 Å². The Hall–Kier alpha value is -3.42. The zero-order valence-corrected chi connectivity index (χ0v) is 16.3. The molecule has 0 atom stereocenters. The van der Waals surface area contributed by atoms with E-state index >= 15 is 0 Å². The third kappa shape index (κ3) is 3.40. The van der Waals surface area contributed by atoms with Crippen LogP contribution in [0.4, 0.5) is 5.69 Å². The fourth-order valence-electron chi connectivity index (χ4n) is 3.16. The lowest BCUT2D eigenvalue weighted by atomic mass is 10.1. The van der Waals surface area contributed by atoms with Crippen molar-refractivity contribution in [3.8, 4) is 5.75 Å². The highest BCUT2D eigenvalue weighted by Crippen LogP contribution is 2.24. The van der Waals surface area contributed by atoms with Gasteiger partial charge in [0, 0.05) is 24.5 Å². The van der Waals surface area contributed by atoms with Gasteiger partial charge >= 0.3 is 5.69 Å². The summed E-state index contributed by atoms with van der Waals surface area (Å²) in [5, 5.41) is 2.90. The number of hydrogen-bond donors (Lipinski definition) is 1. The first-order valence-corrected chi connectivity index (χ1v) is 8.89. The predicted octanol–water partition coefficient (Wildman–Crippen LogP) is 1.61. The summed E-state index contributed by atoms with van der Waals surface area (Å²) in [4.78, 5) is 42.4. The van der Waals surface area contributed by atoms with Crippen molar-refractivity contribution >= 4 is 22.6 Å². The highest BCUT2D eigenvalue weighted by atomic mass is 16.5. The van der Waals surface area contributed by atoms with E-state index in [9.17, 15) is 14.4 Å². The molecule has 0 saturated heterocycles. The molecule has 146 valence electrons. The standard InChI is InChI=1S/C20H22N4O4/c1-5-13-10-21-18-16(17(13)28-4)19(26)24(20(27)23(18)3)11-15(25)22-14-8-6-7-12(2)9-14/h6-10H,5,11H2,1-4H3,(H,22,25). The number of pyridine rings is 1. The van der Waals surface area contributed by atoms with E-state index in [4.69, 9.17) is 4.74 Å². The molecule has 0 fully saturated rings. The first-order chi connectivity index (χ1) is 13.4. The lowest BCUT2D eigenvalue weighted by molar-refractivity contribution is -0.116. The molecule has 0 aliphatic heterocycles. The molecule has 8 nitrogen and oxygen atoms in total. The molecule has 3 rings (SSSR count). The number of benzene rings is 1. The Labute approximate surface area is 161 Å². The number of carbonyl (C=O) groups excluding carboxylic acids is 1. The molecule has 3 aromatic rings. The minimum absolute atomic E-state index is 0.187. The van der Waals surface area contributed by atoms with Gasteiger partial charge in [-0.05, 0) is 31.0 Å². The number of anilines is 1. The molecule has 1 amide bonds.